The van der Waals surface area contributed by atoms with Crippen LogP contribution in [0.15, 0.2) is 48.5 Å². The number of nitrogens with one attached hydrogen (secondary N) is 2. The fraction of sp³-hybridized carbons (Fsp3) is 0.448. The van der Waals surface area contributed by atoms with Gasteiger partial charge in [-0.15, -0.1) is 0 Å². The number of hydrogen-bond donors (Lipinski definition) is 2. The quantitative estimate of drug-likeness (QED) is 0.524. The minimum atomic E-state index is -0.487. The second-order valence-electron chi connectivity index (χ2n) is 10.2. The molecule has 5 rings (SSSR count). The summed E-state index contributed by atoms with van der Waals surface area (Å²) in [4.78, 5) is 55.0. The molecule has 0 radical (unpaired) electrons. The molecule has 2 aromatic carbocycles. The summed E-state index contributed by atoms with van der Waals surface area (Å²) in [6.45, 7) is 2.32. The van der Waals surface area contributed by atoms with Gasteiger partial charge >= 0.3 is 6.03 Å². The van der Waals surface area contributed by atoms with Gasteiger partial charge in [0, 0.05) is 17.8 Å². The van der Waals surface area contributed by atoms with Crippen LogP contribution in [-0.2, 0) is 20.8 Å². The van der Waals surface area contributed by atoms with Crippen molar-refractivity contribution in [2.24, 2.45) is 5.92 Å². The third-order valence-corrected chi connectivity index (χ3v) is 7.37. The predicted molar refractivity (Wildman–Crippen MR) is 143 cm³/mol. The normalized spacial score (nSPS) is 21.1. The molecule has 2 aliphatic carbocycles. The second-order valence-corrected chi connectivity index (χ2v) is 10.2. The highest BCUT2D eigenvalue weighted by Crippen LogP contribution is 2.36. The van der Waals surface area contributed by atoms with E-state index in [9.17, 15) is 19.2 Å². The van der Waals surface area contributed by atoms with Crippen molar-refractivity contribution in [3.05, 3.63) is 54.1 Å². The Balaban J connectivity index is 1.30. The van der Waals surface area contributed by atoms with Crippen LogP contribution in [0, 0.1) is 5.92 Å². The Kier molecular flexibility index (Phi) is 7.62. The zero-order valence-corrected chi connectivity index (χ0v) is 21.7. The number of benzene rings is 2. The molecule has 0 aromatic heterocycles. The summed E-state index contributed by atoms with van der Waals surface area (Å²) in [5.74, 6) is -0.199. The Labute approximate surface area is 222 Å². The van der Waals surface area contributed by atoms with Gasteiger partial charge in [-0.1, -0.05) is 25.0 Å². The summed E-state index contributed by atoms with van der Waals surface area (Å²) < 4.78 is 5.45. The summed E-state index contributed by atoms with van der Waals surface area (Å²) >= 11 is 0. The van der Waals surface area contributed by atoms with E-state index in [4.69, 9.17) is 4.74 Å². The number of amides is 5. The molecule has 5 amide bonds. The monoisotopic (exact) mass is 518 g/mol. The van der Waals surface area contributed by atoms with Gasteiger partial charge < -0.3 is 20.3 Å². The van der Waals surface area contributed by atoms with Crippen molar-refractivity contribution in [2.75, 3.05) is 23.4 Å². The van der Waals surface area contributed by atoms with Crippen molar-refractivity contribution in [3.63, 3.8) is 0 Å². The maximum absolute atomic E-state index is 13.7. The van der Waals surface area contributed by atoms with Gasteiger partial charge in [0.15, 0.2) is 0 Å². The average Bonchev–Trinajstić information content (AvgIpc) is 3.73. The summed E-state index contributed by atoms with van der Waals surface area (Å²) in [6, 6.07) is 13.6. The smallest absolute Gasteiger partial charge is 0.332 e. The van der Waals surface area contributed by atoms with E-state index < -0.39 is 6.03 Å². The van der Waals surface area contributed by atoms with Crippen LogP contribution in [-0.4, -0.2) is 53.9 Å². The number of hydrogen-bond acceptors (Lipinski definition) is 5. The lowest BCUT2D eigenvalue weighted by Crippen LogP contribution is -2.64. The topological polar surface area (TPSA) is 108 Å². The Morgan fingerprint density at radius 3 is 2.32 bits per heavy atom. The van der Waals surface area contributed by atoms with Crippen LogP contribution in [0.4, 0.5) is 16.2 Å². The molecular weight excluding hydrogens is 484 g/mol. The van der Waals surface area contributed by atoms with Crippen LogP contribution >= 0.6 is 0 Å². The van der Waals surface area contributed by atoms with E-state index in [0.29, 0.717) is 42.6 Å². The third-order valence-electron chi connectivity index (χ3n) is 7.37. The lowest BCUT2D eigenvalue weighted by Gasteiger charge is -2.46. The first-order valence-corrected chi connectivity index (χ1v) is 13.5. The number of nitrogens with zero attached hydrogens (tertiary/aromatic N) is 2. The third kappa shape index (κ3) is 5.82. The largest absolute Gasteiger partial charge is 0.494 e. The second kappa shape index (κ2) is 11.2. The van der Waals surface area contributed by atoms with Crippen LogP contribution in [0.3, 0.4) is 0 Å². The Morgan fingerprint density at radius 1 is 0.921 bits per heavy atom. The fourth-order valence-electron chi connectivity index (χ4n) is 5.34. The molecule has 2 N–H and O–H groups in total. The molecule has 2 unspecified atom stereocenters. The van der Waals surface area contributed by atoms with Gasteiger partial charge in [-0.3, -0.25) is 14.4 Å². The molecular formula is C29H34N4O5. The number of rotatable bonds is 9. The van der Waals surface area contributed by atoms with Crippen LogP contribution in [0.1, 0.15) is 51.0 Å². The van der Waals surface area contributed by atoms with Gasteiger partial charge in [0.1, 0.15) is 12.3 Å². The van der Waals surface area contributed by atoms with E-state index in [-0.39, 0.29) is 42.6 Å². The van der Waals surface area contributed by atoms with Crippen molar-refractivity contribution in [3.8, 4) is 5.75 Å². The number of fused-ring (bicyclic) bond motifs is 1. The Morgan fingerprint density at radius 2 is 1.63 bits per heavy atom. The predicted octanol–water partition coefficient (Wildman–Crippen LogP) is 3.87. The molecule has 9 nitrogen and oxygen atoms in total. The maximum atomic E-state index is 13.7. The van der Waals surface area contributed by atoms with E-state index in [0.717, 1.165) is 31.2 Å². The Bertz CT molecular complexity index is 1190. The number of imide groups is 1. The van der Waals surface area contributed by atoms with Gasteiger partial charge in [0.05, 0.1) is 24.6 Å². The first-order valence-electron chi connectivity index (χ1n) is 13.5. The number of urea groups is 1. The minimum absolute atomic E-state index is 0.0276. The molecule has 0 spiro atoms. The first kappa shape index (κ1) is 25.8. The molecule has 0 bridgehead atoms. The Hall–Kier alpha value is -3.88. The lowest BCUT2D eigenvalue weighted by atomic mass is 9.81. The van der Waals surface area contributed by atoms with Crippen LogP contribution in [0.2, 0.25) is 0 Å². The standard InChI is InChI=1S/C29H34N4O5/c1-2-38-23-15-11-21(12-16-23)31-27(35)18-32-25-6-4-3-5-24(25)28(36)33(29(32)37)22-13-7-19(8-14-22)17-26(34)30-20-9-10-20/h7-8,11-16,20,24-25H,2-6,9-10,17-18H2,1H3,(H,30,34)(H,31,35). The number of anilines is 2. The summed E-state index contributed by atoms with van der Waals surface area (Å²) in [6.07, 6.45) is 5.51. The van der Waals surface area contributed by atoms with Crippen molar-refractivity contribution in [1.82, 2.24) is 10.2 Å². The van der Waals surface area contributed by atoms with Gasteiger partial charge in [0.25, 0.3) is 0 Å². The van der Waals surface area contributed by atoms with Crippen LogP contribution < -0.4 is 20.3 Å². The average molecular weight is 519 g/mol. The highest BCUT2D eigenvalue weighted by atomic mass is 16.5. The molecule has 1 heterocycles. The molecule has 3 fully saturated rings. The van der Waals surface area contributed by atoms with Crippen molar-refractivity contribution in [1.29, 1.82) is 0 Å². The molecule has 2 saturated carbocycles. The molecule has 1 saturated heterocycles. The summed E-state index contributed by atoms with van der Waals surface area (Å²) in [5.41, 5.74) is 1.87. The van der Waals surface area contributed by atoms with Gasteiger partial charge in [0.2, 0.25) is 17.7 Å². The molecule has 3 aliphatic rings. The lowest BCUT2D eigenvalue weighted by molar-refractivity contribution is -0.128. The van der Waals surface area contributed by atoms with E-state index in [2.05, 4.69) is 10.6 Å². The SMILES string of the molecule is CCOc1ccc(NC(=O)CN2C(=O)N(c3ccc(CC(=O)NC4CC4)cc3)C(=O)C3CCCCC32)cc1. The van der Waals surface area contributed by atoms with Crippen molar-refractivity contribution < 1.29 is 23.9 Å². The summed E-state index contributed by atoms with van der Waals surface area (Å²) in [7, 11) is 0. The van der Waals surface area contributed by atoms with E-state index >= 15 is 0 Å². The molecule has 9 heteroatoms. The number of carbonyl (C=O) groups excluding carboxylic acids is 4. The zero-order chi connectivity index (χ0) is 26.6. The number of carbonyl (C=O) groups is 4. The van der Waals surface area contributed by atoms with Gasteiger partial charge in [-0.05, 0) is 74.6 Å². The molecule has 200 valence electrons. The van der Waals surface area contributed by atoms with Crippen LogP contribution in [0.5, 0.6) is 5.75 Å². The molecule has 2 aromatic rings. The highest BCUT2D eigenvalue weighted by molar-refractivity contribution is 6.17. The van der Waals surface area contributed by atoms with Crippen LogP contribution in [0.25, 0.3) is 0 Å². The first-order chi connectivity index (χ1) is 18.4. The van der Waals surface area contributed by atoms with E-state index in [1.54, 1.807) is 53.4 Å². The fourth-order valence-corrected chi connectivity index (χ4v) is 5.34. The zero-order valence-electron chi connectivity index (χ0n) is 21.7. The minimum Gasteiger partial charge on any atom is -0.494 e. The van der Waals surface area contributed by atoms with E-state index in [1.165, 1.54) is 4.90 Å². The van der Waals surface area contributed by atoms with Crippen molar-refractivity contribution >= 4 is 35.1 Å². The van der Waals surface area contributed by atoms with Crippen molar-refractivity contribution in [2.45, 2.75) is 64.0 Å². The number of ether oxygens (including phenoxy) is 1. The molecule has 1 aliphatic heterocycles. The molecule has 38 heavy (non-hydrogen) atoms. The van der Waals surface area contributed by atoms with Gasteiger partial charge in [-0.2, -0.15) is 0 Å². The summed E-state index contributed by atoms with van der Waals surface area (Å²) in [5, 5.41) is 5.82. The van der Waals surface area contributed by atoms with E-state index in [1.807, 2.05) is 6.92 Å². The highest BCUT2D eigenvalue weighted by Gasteiger charge is 2.48. The maximum Gasteiger partial charge on any atom is 0.332 e. The van der Waals surface area contributed by atoms with Gasteiger partial charge in [-0.25, -0.2) is 9.69 Å². The molecule has 2 atom stereocenters.